The number of rotatable bonds is 65. The van der Waals surface area contributed by atoms with E-state index in [1.165, 1.54) is 289 Å². The van der Waals surface area contributed by atoms with Crippen LogP contribution < -0.4 is 0 Å². The van der Waals surface area contributed by atoms with E-state index in [2.05, 4.69) is 45.1 Å². The van der Waals surface area contributed by atoms with E-state index in [0.29, 0.717) is 19.3 Å². The van der Waals surface area contributed by atoms with Gasteiger partial charge in [-0.2, -0.15) is 0 Å². The molecule has 0 saturated heterocycles. The van der Waals surface area contributed by atoms with Gasteiger partial charge >= 0.3 is 17.9 Å². The van der Waals surface area contributed by atoms with Crippen LogP contribution >= 0.6 is 0 Å². The highest BCUT2D eigenvalue weighted by Crippen LogP contribution is 2.19. The molecule has 0 aromatic carbocycles. The first-order valence-electron chi connectivity index (χ1n) is 34.8. The number of allylic oxidation sites excluding steroid dienone is 4. The molecule has 0 radical (unpaired) electrons. The van der Waals surface area contributed by atoms with E-state index in [-0.39, 0.29) is 31.1 Å². The summed E-state index contributed by atoms with van der Waals surface area (Å²) in [5, 5.41) is 0. The summed E-state index contributed by atoms with van der Waals surface area (Å²) in [4.78, 5) is 38.4. The van der Waals surface area contributed by atoms with E-state index in [4.69, 9.17) is 14.2 Å². The lowest BCUT2D eigenvalue weighted by atomic mass is 10.0. The van der Waals surface area contributed by atoms with Gasteiger partial charge in [0.25, 0.3) is 0 Å². The quantitative estimate of drug-likeness (QED) is 0.0261. The molecular weight excluding hydrogens is 949 g/mol. The second-order valence-corrected chi connectivity index (χ2v) is 23.8. The molecule has 0 aromatic rings. The summed E-state index contributed by atoms with van der Waals surface area (Å²) in [5.41, 5.74) is 0. The zero-order valence-corrected chi connectivity index (χ0v) is 52.3. The summed E-state index contributed by atoms with van der Waals surface area (Å²) in [6.07, 6.45) is 80.5. The van der Waals surface area contributed by atoms with Crippen molar-refractivity contribution in [3.8, 4) is 0 Å². The number of carbonyl (C=O) groups excluding carboxylic acids is 3. The Hall–Kier alpha value is -2.11. The third kappa shape index (κ3) is 64.6. The van der Waals surface area contributed by atoms with Crippen molar-refractivity contribution in [1.82, 2.24) is 0 Å². The van der Waals surface area contributed by atoms with Crippen LogP contribution in [0.15, 0.2) is 24.3 Å². The smallest absolute Gasteiger partial charge is 0.306 e. The minimum absolute atomic E-state index is 0.0647. The molecule has 1 unspecified atom stereocenters. The number of ether oxygens (including phenoxy) is 3. The maximum absolute atomic E-state index is 12.9. The lowest BCUT2D eigenvalue weighted by Gasteiger charge is -2.18. The van der Waals surface area contributed by atoms with Crippen LogP contribution in [-0.2, 0) is 28.6 Å². The van der Waals surface area contributed by atoms with Crippen molar-refractivity contribution < 1.29 is 28.6 Å². The third-order valence-corrected chi connectivity index (χ3v) is 16.0. The fourth-order valence-electron chi connectivity index (χ4n) is 10.7. The normalized spacial score (nSPS) is 12.1. The molecule has 0 spiro atoms. The Morgan fingerprint density at radius 1 is 0.260 bits per heavy atom. The second-order valence-electron chi connectivity index (χ2n) is 23.8. The van der Waals surface area contributed by atoms with Crippen molar-refractivity contribution in [2.45, 2.75) is 399 Å². The number of esters is 3. The largest absolute Gasteiger partial charge is 0.462 e. The van der Waals surface area contributed by atoms with Crippen LogP contribution in [0, 0.1) is 0 Å². The van der Waals surface area contributed by atoms with Crippen molar-refractivity contribution in [2.75, 3.05) is 13.2 Å². The molecule has 6 heteroatoms. The van der Waals surface area contributed by atoms with Crippen LogP contribution in [0.25, 0.3) is 0 Å². The molecule has 0 fully saturated rings. The van der Waals surface area contributed by atoms with Gasteiger partial charge in [0.2, 0.25) is 0 Å². The molecule has 0 N–H and O–H groups in total. The first-order chi connectivity index (χ1) is 38.0. The standard InChI is InChI=1S/C71H134O6/c1-4-7-10-13-16-19-22-25-28-31-33-35-36-37-39-40-43-46-49-52-55-58-61-64-70(73)76-67-68(66-75-69(72)63-60-57-54-51-48-45-42-30-27-24-21-18-15-12-9-6-3)77-71(74)65-62-59-56-53-50-47-44-41-38-34-32-29-26-23-20-17-14-11-8-5-2/h22,25,31,33,68H,4-21,23-24,26-30,32,34-67H2,1-3H3/b25-22-,33-31-. The zero-order valence-electron chi connectivity index (χ0n) is 52.3. The van der Waals surface area contributed by atoms with Gasteiger partial charge in [-0.15, -0.1) is 0 Å². The first-order valence-corrected chi connectivity index (χ1v) is 34.8. The van der Waals surface area contributed by atoms with E-state index in [1.807, 2.05) is 0 Å². The maximum Gasteiger partial charge on any atom is 0.306 e. The lowest BCUT2D eigenvalue weighted by Crippen LogP contribution is -2.30. The van der Waals surface area contributed by atoms with E-state index in [0.717, 1.165) is 64.2 Å². The van der Waals surface area contributed by atoms with Gasteiger partial charge < -0.3 is 14.2 Å². The van der Waals surface area contributed by atoms with Gasteiger partial charge in [0.1, 0.15) is 13.2 Å². The van der Waals surface area contributed by atoms with Crippen LogP contribution in [0.3, 0.4) is 0 Å². The molecule has 0 bridgehead atoms. The molecular formula is C71H134O6. The molecule has 0 aliphatic rings. The molecule has 0 rings (SSSR count). The minimum atomic E-state index is -0.768. The molecule has 1 atom stereocenters. The molecule has 77 heavy (non-hydrogen) atoms. The molecule has 0 aromatic heterocycles. The van der Waals surface area contributed by atoms with Gasteiger partial charge in [0, 0.05) is 19.3 Å². The van der Waals surface area contributed by atoms with E-state index in [1.54, 1.807) is 0 Å². The van der Waals surface area contributed by atoms with Crippen LogP contribution in [0.2, 0.25) is 0 Å². The Kier molecular flexibility index (Phi) is 64.6. The van der Waals surface area contributed by atoms with E-state index < -0.39 is 6.10 Å². The Morgan fingerprint density at radius 3 is 0.714 bits per heavy atom. The highest BCUT2D eigenvalue weighted by Gasteiger charge is 2.19. The third-order valence-electron chi connectivity index (χ3n) is 16.0. The Labute approximate surface area is 481 Å². The van der Waals surface area contributed by atoms with Crippen LogP contribution in [0.1, 0.15) is 393 Å². The summed E-state index contributed by atoms with van der Waals surface area (Å²) in [6, 6.07) is 0. The molecule has 6 nitrogen and oxygen atoms in total. The van der Waals surface area contributed by atoms with Crippen molar-refractivity contribution in [2.24, 2.45) is 0 Å². The van der Waals surface area contributed by atoms with Gasteiger partial charge in [0.15, 0.2) is 6.10 Å². The number of hydrogen-bond donors (Lipinski definition) is 0. The maximum atomic E-state index is 12.9. The fourth-order valence-corrected chi connectivity index (χ4v) is 10.7. The molecule has 454 valence electrons. The molecule has 0 aliphatic carbocycles. The minimum Gasteiger partial charge on any atom is -0.462 e. The Balaban J connectivity index is 4.28. The van der Waals surface area contributed by atoms with Gasteiger partial charge in [-0.3, -0.25) is 14.4 Å². The van der Waals surface area contributed by atoms with E-state index >= 15 is 0 Å². The van der Waals surface area contributed by atoms with Crippen LogP contribution in [0.5, 0.6) is 0 Å². The summed E-state index contributed by atoms with van der Waals surface area (Å²) in [5.74, 6) is -0.833. The zero-order chi connectivity index (χ0) is 55.7. The second kappa shape index (κ2) is 66.4. The van der Waals surface area contributed by atoms with Crippen LogP contribution in [-0.4, -0.2) is 37.2 Å². The average Bonchev–Trinajstić information content (AvgIpc) is 3.43. The molecule has 0 aliphatic heterocycles. The lowest BCUT2D eigenvalue weighted by molar-refractivity contribution is -0.167. The van der Waals surface area contributed by atoms with Crippen LogP contribution in [0.4, 0.5) is 0 Å². The van der Waals surface area contributed by atoms with Crippen molar-refractivity contribution in [1.29, 1.82) is 0 Å². The molecule has 0 amide bonds. The van der Waals surface area contributed by atoms with Gasteiger partial charge in [-0.05, 0) is 51.4 Å². The predicted molar refractivity (Wildman–Crippen MR) is 335 cm³/mol. The number of carbonyl (C=O) groups is 3. The number of hydrogen-bond acceptors (Lipinski definition) is 6. The fraction of sp³-hybridized carbons (Fsp3) is 0.901. The Bertz CT molecular complexity index is 1240. The monoisotopic (exact) mass is 1080 g/mol. The molecule has 0 saturated carbocycles. The highest BCUT2D eigenvalue weighted by molar-refractivity contribution is 5.71. The predicted octanol–water partition coefficient (Wildman–Crippen LogP) is 23.8. The molecule has 0 heterocycles. The SMILES string of the molecule is CCCCCCC/C=C\C/C=C\CCCCCCCCCCCCCC(=O)OCC(COC(=O)CCCCCCCCCCCCCCCCCC)OC(=O)CCCCCCCCCCCCCCCCCCCCCC. The Morgan fingerprint density at radius 2 is 0.468 bits per heavy atom. The summed E-state index contributed by atoms with van der Waals surface area (Å²) in [6.45, 7) is 6.72. The summed E-state index contributed by atoms with van der Waals surface area (Å²) < 4.78 is 17.0. The van der Waals surface area contributed by atoms with Gasteiger partial charge in [-0.25, -0.2) is 0 Å². The first kappa shape index (κ1) is 74.9. The summed E-state index contributed by atoms with van der Waals surface area (Å²) in [7, 11) is 0. The topological polar surface area (TPSA) is 78.9 Å². The van der Waals surface area contributed by atoms with Crippen molar-refractivity contribution in [3.63, 3.8) is 0 Å². The van der Waals surface area contributed by atoms with Crippen molar-refractivity contribution in [3.05, 3.63) is 24.3 Å². The van der Waals surface area contributed by atoms with Gasteiger partial charge in [0.05, 0.1) is 0 Å². The van der Waals surface area contributed by atoms with E-state index in [9.17, 15) is 14.4 Å². The van der Waals surface area contributed by atoms with Gasteiger partial charge in [-0.1, -0.05) is 347 Å². The summed E-state index contributed by atoms with van der Waals surface area (Å²) >= 11 is 0. The average molecular weight is 1080 g/mol. The highest BCUT2D eigenvalue weighted by atomic mass is 16.6. The van der Waals surface area contributed by atoms with Crippen molar-refractivity contribution >= 4 is 17.9 Å². The number of unbranched alkanes of at least 4 members (excludes halogenated alkanes) is 50.